The average Bonchev–Trinajstić information content (AvgIpc) is 2.60. The molecule has 122 valence electrons. The van der Waals surface area contributed by atoms with Crippen LogP contribution in [0.3, 0.4) is 0 Å². The lowest BCUT2D eigenvalue weighted by Crippen LogP contribution is -2.41. The number of benzene rings is 2. The van der Waals surface area contributed by atoms with Crippen molar-refractivity contribution >= 4 is 27.3 Å². The smallest absolute Gasteiger partial charge is 0.302 e. The summed E-state index contributed by atoms with van der Waals surface area (Å²) in [6.45, 7) is 0. The molecule has 24 heavy (non-hydrogen) atoms. The number of hydrogen-bond acceptors (Lipinski definition) is 5. The van der Waals surface area contributed by atoms with Gasteiger partial charge in [0.05, 0.1) is 4.90 Å². The molecule has 0 aliphatic heterocycles. The van der Waals surface area contributed by atoms with E-state index in [2.05, 4.69) is 5.10 Å². The highest BCUT2D eigenvalue weighted by Gasteiger charge is 2.18. The third kappa shape index (κ3) is 2.97. The molecule has 1 aromatic heterocycles. The van der Waals surface area contributed by atoms with Crippen LogP contribution in [0.15, 0.2) is 70.8 Å². The maximum absolute atomic E-state index is 12.2. The first-order valence-corrected chi connectivity index (χ1v) is 8.32. The lowest BCUT2D eigenvalue weighted by atomic mass is 10.3. The topological polar surface area (TPSA) is 112 Å². The summed E-state index contributed by atoms with van der Waals surface area (Å²) in [4.78, 5) is 2.03. The molecule has 3 aromatic rings. The molecule has 0 saturated heterocycles. The van der Waals surface area contributed by atoms with Crippen LogP contribution in [0.2, 0.25) is 0 Å². The molecule has 0 aliphatic rings. The van der Waals surface area contributed by atoms with Crippen molar-refractivity contribution < 1.29 is 17.9 Å². The molecule has 3 rings (SSSR count). The minimum atomic E-state index is -3.84. The maximum Gasteiger partial charge on any atom is 0.302 e. The van der Waals surface area contributed by atoms with Gasteiger partial charge in [0.25, 0.3) is 27.3 Å². The van der Waals surface area contributed by atoms with Gasteiger partial charge in [-0.05, 0) is 12.1 Å². The number of fused-ring (bicyclic) bond motifs is 1. The number of hydrazone groups is 1. The van der Waals surface area contributed by atoms with Gasteiger partial charge in [-0.2, -0.15) is 27.8 Å². The van der Waals surface area contributed by atoms with Crippen LogP contribution in [0, 0.1) is 10.4 Å². The predicted molar refractivity (Wildman–Crippen MR) is 86.2 cm³/mol. The van der Waals surface area contributed by atoms with Crippen LogP contribution in [-0.4, -0.2) is 14.6 Å². The van der Waals surface area contributed by atoms with Gasteiger partial charge in [0, 0.05) is 12.1 Å². The fourth-order valence-corrected chi connectivity index (χ4v) is 2.92. The van der Waals surface area contributed by atoms with Crippen LogP contribution >= 0.6 is 0 Å². The Morgan fingerprint density at radius 1 is 0.958 bits per heavy atom. The lowest BCUT2D eigenvalue weighted by Gasteiger charge is -2.05. The highest BCUT2D eigenvalue weighted by molar-refractivity contribution is 7.89. The normalized spacial score (nSPS) is 11.8. The first-order chi connectivity index (χ1) is 11.5. The Morgan fingerprint density at radius 3 is 2.29 bits per heavy atom. The molecule has 9 heteroatoms. The van der Waals surface area contributed by atoms with E-state index in [0.29, 0.717) is 9.46 Å². The van der Waals surface area contributed by atoms with E-state index in [1.54, 1.807) is 30.3 Å². The number of aromatic nitrogens is 2. The predicted octanol–water partition coefficient (Wildman–Crippen LogP) is 0.419. The van der Waals surface area contributed by atoms with E-state index >= 15 is 0 Å². The number of nitrogens with one attached hydrogen (secondary N) is 1. The number of hydrogen-bond donors (Lipinski definition) is 1. The second-order valence-electron chi connectivity index (χ2n) is 4.83. The number of nitrogens with zero attached hydrogens (tertiary/aromatic N) is 3. The summed E-state index contributed by atoms with van der Waals surface area (Å²) in [5.74, 6) is 0. The molecule has 0 amide bonds. The molecule has 0 radical (unpaired) electrons. The zero-order valence-electron chi connectivity index (χ0n) is 12.2. The van der Waals surface area contributed by atoms with Crippen LogP contribution in [0.1, 0.15) is 5.69 Å². The third-order valence-corrected chi connectivity index (χ3v) is 4.48. The molecule has 0 atom stereocenters. The van der Waals surface area contributed by atoms with Crippen molar-refractivity contribution in [3.05, 3.63) is 76.9 Å². The summed E-state index contributed by atoms with van der Waals surface area (Å²) in [6.07, 6.45) is 2.00. The van der Waals surface area contributed by atoms with Crippen LogP contribution in [0.25, 0.3) is 11.0 Å². The Morgan fingerprint density at radius 2 is 1.58 bits per heavy atom. The maximum atomic E-state index is 12.2. The van der Waals surface area contributed by atoms with Gasteiger partial charge in [-0.25, -0.2) is 0 Å². The first kappa shape index (κ1) is 15.7. The van der Waals surface area contributed by atoms with Crippen molar-refractivity contribution in [3.63, 3.8) is 0 Å². The highest BCUT2D eigenvalue weighted by Crippen LogP contribution is 2.07. The SMILES string of the molecule is O=S(=O)(N/N=C/c1c[n+]([O-])c2ccccc2[n+]1[O-])c1ccccc1. The molecule has 2 aromatic carbocycles. The summed E-state index contributed by atoms with van der Waals surface area (Å²) in [5.41, 5.74) is 0.261. The van der Waals surface area contributed by atoms with Crippen molar-refractivity contribution in [1.29, 1.82) is 0 Å². The summed E-state index contributed by atoms with van der Waals surface area (Å²) in [7, 11) is -3.84. The zero-order valence-corrected chi connectivity index (χ0v) is 13.1. The Balaban J connectivity index is 1.90. The molecule has 1 N–H and O–H groups in total. The average molecular weight is 344 g/mol. The molecular weight excluding hydrogens is 332 g/mol. The van der Waals surface area contributed by atoms with Gasteiger partial charge in [0.15, 0.2) is 0 Å². The molecule has 0 aliphatic carbocycles. The van der Waals surface area contributed by atoms with Crippen molar-refractivity contribution in [1.82, 2.24) is 4.83 Å². The van der Waals surface area contributed by atoms with Crippen molar-refractivity contribution in [2.24, 2.45) is 5.10 Å². The molecular formula is C15H12N4O4S. The van der Waals surface area contributed by atoms with E-state index in [1.807, 2.05) is 4.83 Å². The minimum absolute atomic E-state index is 0.0366. The molecule has 0 fully saturated rings. The Bertz CT molecular complexity index is 1020. The fourth-order valence-electron chi connectivity index (χ4n) is 2.10. The van der Waals surface area contributed by atoms with Gasteiger partial charge < -0.3 is 10.4 Å². The second kappa shape index (κ2) is 6.13. The van der Waals surface area contributed by atoms with Crippen molar-refractivity contribution in [3.8, 4) is 0 Å². The zero-order chi connectivity index (χ0) is 17.2. The largest absolute Gasteiger partial charge is 0.618 e. The van der Waals surface area contributed by atoms with Crippen molar-refractivity contribution in [2.45, 2.75) is 4.90 Å². The fraction of sp³-hybridized carbons (Fsp3) is 0. The second-order valence-corrected chi connectivity index (χ2v) is 6.49. The number of sulfonamides is 1. The molecule has 1 heterocycles. The van der Waals surface area contributed by atoms with E-state index in [1.165, 1.54) is 24.3 Å². The van der Waals surface area contributed by atoms with E-state index in [0.717, 1.165) is 12.4 Å². The van der Waals surface area contributed by atoms with E-state index < -0.39 is 10.0 Å². The number of para-hydroxylation sites is 2. The molecule has 0 spiro atoms. The summed E-state index contributed by atoms with van der Waals surface area (Å²) in [5, 5.41) is 27.7. The van der Waals surface area contributed by atoms with Gasteiger partial charge in [-0.1, -0.05) is 30.3 Å². The van der Waals surface area contributed by atoms with Crippen LogP contribution in [-0.2, 0) is 10.0 Å². The van der Waals surface area contributed by atoms with Gasteiger partial charge in [0.1, 0.15) is 6.21 Å². The highest BCUT2D eigenvalue weighted by atomic mass is 32.2. The van der Waals surface area contributed by atoms with E-state index in [-0.39, 0.29) is 21.6 Å². The third-order valence-electron chi connectivity index (χ3n) is 3.25. The minimum Gasteiger partial charge on any atom is -0.618 e. The molecule has 8 nitrogen and oxygen atoms in total. The van der Waals surface area contributed by atoms with Gasteiger partial charge in [-0.15, -0.1) is 0 Å². The van der Waals surface area contributed by atoms with Crippen LogP contribution in [0.4, 0.5) is 0 Å². The Hall–Kier alpha value is -3.20. The summed E-state index contributed by atoms with van der Waals surface area (Å²) >= 11 is 0. The Kier molecular flexibility index (Phi) is 4.00. The Labute approximate surface area is 137 Å². The summed E-state index contributed by atoms with van der Waals surface area (Å²) in [6, 6.07) is 13.9. The molecule has 0 saturated carbocycles. The molecule has 0 bridgehead atoms. The van der Waals surface area contributed by atoms with Gasteiger partial charge >= 0.3 is 5.69 Å². The van der Waals surface area contributed by atoms with E-state index in [9.17, 15) is 18.8 Å². The van der Waals surface area contributed by atoms with Gasteiger partial charge in [0.2, 0.25) is 0 Å². The van der Waals surface area contributed by atoms with Crippen molar-refractivity contribution in [2.75, 3.05) is 0 Å². The first-order valence-electron chi connectivity index (χ1n) is 6.83. The molecule has 0 unspecified atom stereocenters. The van der Waals surface area contributed by atoms with E-state index in [4.69, 9.17) is 0 Å². The quantitative estimate of drug-likeness (QED) is 0.320. The van der Waals surface area contributed by atoms with Gasteiger partial charge in [-0.3, -0.25) is 0 Å². The summed E-state index contributed by atoms with van der Waals surface area (Å²) < 4.78 is 25.0. The standard InChI is InChI=1S/C15H12N4O4S/c20-18-11-12(19(21)15-9-5-4-8-14(15)18)10-16-17-24(22,23)13-6-2-1-3-7-13/h1-11,17H/b16-10+. The number of rotatable bonds is 4. The van der Waals surface area contributed by atoms with Crippen LogP contribution < -0.4 is 14.3 Å². The monoisotopic (exact) mass is 344 g/mol. The van der Waals surface area contributed by atoms with Crippen LogP contribution in [0.5, 0.6) is 0 Å². The lowest BCUT2D eigenvalue weighted by molar-refractivity contribution is -0.629.